The Labute approximate surface area is 189 Å². The molecule has 0 saturated carbocycles. The largest absolute Gasteiger partial charge is 0.478 e. The van der Waals surface area contributed by atoms with Gasteiger partial charge < -0.3 is 10.0 Å². The second-order valence-corrected chi connectivity index (χ2v) is 8.04. The molecule has 1 fully saturated rings. The van der Waals surface area contributed by atoms with Crippen molar-refractivity contribution in [1.82, 2.24) is 15.2 Å². The predicted octanol–water partition coefficient (Wildman–Crippen LogP) is 1.25. The molecular weight excluding hydrogens is 428 g/mol. The Morgan fingerprint density at radius 2 is 1.91 bits per heavy atom. The first kappa shape index (κ1) is 22.1. The van der Waals surface area contributed by atoms with E-state index >= 15 is 0 Å². The van der Waals surface area contributed by atoms with Gasteiger partial charge in [-0.05, 0) is 49.6 Å². The lowest BCUT2D eigenvalue weighted by atomic mass is 10.0. The van der Waals surface area contributed by atoms with Crippen LogP contribution in [0.2, 0.25) is 0 Å². The number of carboxylic acids is 1. The molecule has 170 valence electrons. The van der Waals surface area contributed by atoms with Crippen molar-refractivity contribution in [2.75, 3.05) is 18.5 Å². The van der Waals surface area contributed by atoms with Crippen molar-refractivity contribution in [1.29, 1.82) is 0 Å². The van der Waals surface area contributed by atoms with E-state index in [-0.39, 0.29) is 29.5 Å². The fourth-order valence-corrected chi connectivity index (χ4v) is 4.07. The molecule has 1 atom stereocenters. The number of aromatic carboxylic acids is 1. The average Bonchev–Trinajstić information content (AvgIpc) is 3.03. The third kappa shape index (κ3) is 4.32. The molecule has 0 spiro atoms. The van der Waals surface area contributed by atoms with Crippen LogP contribution in [0.15, 0.2) is 36.5 Å². The summed E-state index contributed by atoms with van der Waals surface area (Å²) in [4.78, 5) is 67.5. The van der Waals surface area contributed by atoms with Crippen LogP contribution in [0.25, 0.3) is 0 Å². The lowest BCUT2D eigenvalue weighted by Crippen LogP contribution is -2.54. The maximum absolute atomic E-state index is 13.0. The number of carbonyl (C=O) groups excluding carboxylic acids is 4. The Balaban J connectivity index is 1.43. The van der Waals surface area contributed by atoms with Crippen LogP contribution in [-0.2, 0) is 16.0 Å². The zero-order valence-electron chi connectivity index (χ0n) is 17.9. The molecule has 1 aromatic carbocycles. The topological polar surface area (TPSA) is 137 Å². The molecule has 2 aromatic rings. The molecule has 33 heavy (non-hydrogen) atoms. The number of benzene rings is 1. The number of aryl methyl sites for hydroxylation is 1. The molecule has 2 aliphatic rings. The summed E-state index contributed by atoms with van der Waals surface area (Å²) in [5, 5.41) is 11.3. The lowest BCUT2D eigenvalue weighted by Gasteiger charge is -2.27. The van der Waals surface area contributed by atoms with Crippen molar-refractivity contribution >= 4 is 35.3 Å². The summed E-state index contributed by atoms with van der Waals surface area (Å²) in [6.45, 7) is 0.608. The summed E-state index contributed by atoms with van der Waals surface area (Å²) in [5.41, 5.74) is 2.06. The Bertz CT molecular complexity index is 1180. The van der Waals surface area contributed by atoms with E-state index in [0.717, 1.165) is 10.6 Å². The van der Waals surface area contributed by atoms with E-state index in [1.165, 1.54) is 12.3 Å². The van der Waals surface area contributed by atoms with E-state index in [1.807, 2.05) is 11.9 Å². The Kier molecular flexibility index (Phi) is 5.91. The Morgan fingerprint density at radius 3 is 2.64 bits per heavy atom. The highest BCUT2D eigenvalue weighted by Gasteiger charge is 2.44. The molecule has 3 heterocycles. The summed E-state index contributed by atoms with van der Waals surface area (Å²) >= 11 is 0. The summed E-state index contributed by atoms with van der Waals surface area (Å²) < 4.78 is 0. The van der Waals surface area contributed by atoms with Crippen molar-refractivity contribution in [3.05, 3.63) is 58.9 Å². The van der Waals surface area contributed by atoms with Crippen LogP contribution in [-0.4, -0.2) is 64.2 Å². The monoisotopic (exact) mass is 450 g/mol. The first-order valence-electron chi connectivity index (χ1n) is 10.5. The minimum absolute atomic E-state index is 0.0715. The van der Waals surface area contributed by atoms with Crippen molar-refractivity contribution < 1.29 is 29.1 Å². The fourth-order valence-electron chi connectivity index (χ4n) is 4.07. The van der Waals surface area contributed by atoms with Gasteiger partial charge in [-0.1, -0.05) is 0 Å². The molecular formula is C23H22N4O6. The minimum atomic E-state index is -1.00. The number of hydrogen-bond acceptors (Lipinski definition) is 7. The maximum Gasteiger partial charge on any atom is 0.335 e. The van der Waals surface area contributed by atoms with Gasteiger partial charge in [-0.15, -0.1) is 0 Å². The SMILES string of the molecule is CN(CCCc1cc(C(=O)O)ccn1)c1ccc2c(c1)C(=O)N(C1CCC(=O)NC1=O)C2=O. The molecule has 10 nitrogen and oxygen atoms in total. The standard InChI is InChI=1S/C23H22N4O6/c1-26(10-2-3-14-11-13(23(32)33)8-9-24-14)15-4-5-16-17(12-15)22(31)27(21(16)30)18-6-7-19(28)25-20(18)29/h4-5,8-9,11-12,18H,2-3,6-7,10H2,1H3,(H,32,33)(H,25,28,29). The van der Waals surface area contributed by atoms with Crippen LogP contribution in [0.1, 0.15) is 56.0 Å². The molecule has 0 aliphatic carbocycles. The zero-order chi connectivity index (χ0) is 23.7. The highest BCUT2D eigenvalue weighted by Crippen LogP contribution is 2.30. The highest BCUT2D eigenvalue weighted by molar-refractivity contribution is 6.23. The molecule has 2 aliphatic heterocycles. The number of anilines is 1. The highest BCUT2D eigenvalue weighted by atomic mass is 16.4. The van der Waals surface area contributed by atoms with Gasteiger partial charge in [-0.3, -0.25) is 34.4 Å². The summed E-state index contributed by atoms with van der Waals surface area (Å²) in [7, 11) is 1.85. The van der Waals surface area contributed by atoms with Crippen molar-refractivity contribution in [3.8, 4) is 0 Å². The van der Waals surface area contributed by atoms with Gasteiger partial charge in [0.25, 0.3) is 11.8 Å². The molecule has 1 aromatic heterocycles. The predicted molar refractivity (Wildman–Crippen MR) is 116 cm³/mol. The van der Waals surface area contributed by atoms with E-state index in [2.05, 4.69) is 10.3 Å². The van der Waals surface area contributed by atoms with Gasteiger partial charge >= 0.3 is 5.97 Å². The summed E-state index contributed by atoms with van der Waals surface area (Å²) in [6.07, 6.45) is 2.93. The van der Waals surface area contributed by atoms with Crippen LogP contribution in [0, 0.1) is 0 Å². The fraction of sp³-hybridized carbons (Fsp3) is 0.304. The van der Waals surface area contributed by atoms with Crippen molar-refractivity contribution in [2.45, 2.75) is 31.7 Å². The van der Waals surface area contributed by atoms with Crippen LogP contribution < -0.4 is 10.2 Å². The second kappa shape index (κ2) is 8.81. The average molecular weight is 450 g/mol. The number of hydrogen-bond donors (Lipinski definition) is 2. The summed E-state index contributed by atoms with van der Waals surface area (Å²) in [5.74, 6) is -3.14. The molecule has 2 N–H and O–H groups in total. The van der Waals surface area contributed by atoms with Gasteiger partial charge in [0, 0.05) is 37.6 Å². The first-order valence-corrected chi connectivity index (χ1v) is 10.5. The number of imide groups is 2. The molecule has 0 bridgehead atoms. The molecule has 4 amide bonds. The van der Waals surface area contributed by atoms with E-state index in [1.54, 1.807) is 24.3 Å². The number of carbonyl (C=O) groups is 5. The van der Waals surface area contributed by atoms with E-state index in [4.69, 9.17) is 5.11 Å². The van der Waals surface area contributed by atoms with Crippen molar-refractivity contribution in [3.63, 3.8) is 0 Å². The quantitative estimate of drug-likeness (QED) is 0.602. The molecule has 10 heteroatoms. The van der Waals surface area contributed by atoms with Crippen LogP contribution in [0.3, 0.4) is 0 Å². The number of carboxylic acid groups (broad SMARTS) is 1. The van der Waals surface area contributed by atoms with E-state index in [9.17, 15) is 24.0 Å². The van der Waals surface area contributed by atoms with Gasteiger partial charge in [-0.25, -0.2) is 4.79 Å². The van der Waals surface area contributed by atoms with Gasteiger partial charge in [0.05, 0.1) is 16.7 Å². The van der Waals surface area contributed by atoms with Gasteiger partial charge in [0.1, 0.15) is 6.04 Å². The number of piperidine rings is 1. The molecule has 1 unspecified atom stereocenters. The number of amides is 4. The minimum Gasteiger partial charge on any atom is -0.478 e. The van der Waals surface area contributed by atoms with Crippen molar-refractivity contribution in [2.24, 2.45) is 0 Å². The molecule has 1 saturated heterocycles. The maximum atomic E-state index is 13.0. The first-order chi connectivity index (χ1) is 15.8. The Hall–Kier alpha value is -4.08. The number of nitrogens with one attached hydrogen (secondary N) is 1. The van der Waals surface area contributed by atoms with E-state index < -0.39 is 35.6 Å². The number of nitrogens with zero attached hydrogens (tertiary/aromatic N) is 3. The van der Waals surface area contributed by atoms with Gasteiger partial charge in [-0.2, -0.15) is 0 Å². The number of fused-ring (bicyclic) bond motifs is 1. The summed E-state index contributed by atoms with van der Waals surface area (Å²) in [6, 6.07) is 6.94. The smallest absolute Gasteiger partial charge is 0.335 e. The molecule has 4 rings (SSSR count). The number of aromatic nitrogens is 1. The molecule has 0 radical (unpaired) electrons. The van der Waals surface area contributed by atoms with E-state index in [0.29, 0.717) is 25.1 Å². The zero-order valence-corrected chi connectivity index (χ0v) is 17.9. The van der Waals surface area contributed by atoms with Crippen LogP contribution in [0.5, 0.6) is 0 Å². The third-order valence-electron chi connectivity index (χ3n) is 5.85. The number of rotatable bonds is 7. The van der Waals surface area contributed by atoms with Gasteiger partial charge in [0.15, 0.2) is 0 Å². The second-order valence-electron chi connectivity index (χ2n) is 8.04. The number of pyridine rings is 1. The van der Waals surface area contributed by atoms with Crippen LogP contribution in [0.4, 0.5) is 5.69 Å². The normalized spacial score (nSPS) is 17.7. The Morgan fingerprint density at radius 1 is 1.15 bits per heavy atom. The lowest BCUT2D eigenvalue weighted by molar-refractivity contribution is -0.136. The van der Waals surface area contributed by atoms with Crippen LogP contribution >= 0.6 is 0 Å². The van der Waals surface area contributed by atoms with Gasteiger partial charge in [0.2, 0.25) is 11.8 Å². The third-order valence-corrected chi connectivity index (χ3v) is 5.85.